The fraction of sp³-hybridized carbons (Fsp3) is 0.500. The van der Waals surface area contributed by atoms with Crippen molar-refractivity contribution in [1.29, 1.82) is 0 Å². The van der Waals surface area contributed by atoms with E-state index in [1.165, 1.54) is 5.56 Å². The van der Waals surface area contributed by atoms with E-state index in [1.807, 2.05) is 26.2 Å². The number of nitrogens with zero attached hydrogens (tertiary/aromatic N) is 2. The molecule has 0 aliphatic heterocycles. The van der Waals surface area contributed by atoms with Crippen LogP contribution in [-0.2, 0) is 6.42 Å². The number of benzene rings is 1. The van der Waals surface area contributed by atoms with Crippen molar-refractivity contribution in [2.75, 3.05) is 27.2 Å². The summed E-state index contributed by atoms with van der Waals surface area (Å²) >= 11 is 0. The van der Waals surface area contributed by atoms with Crippen molar-refractivity contribution < 1.29 is 9.94 Å². The summed E-state index contributed by atoms with van der Waals surface area (Å²) in [6.45, 7) is 1.59. The second kappa shape index (κ2) is 5.87. The number of likely N-dealkylation sites (N-methyl/N-ethyl adjacent to an activating group) is 1. The molecule has 0 spiro atoms. The average Bonchev–Trinajstić information content (AvgIpc) is 2.37. The number of rotatable bonds is 4. The van der Waals surface area contributed by atoms with Gasteiger partial charge in [-0.3, -0.25) is 0 Å². The van der Waals surface area contributed by atoms with Gasteiger partial charge in [-0.05, 0) is 57.1 Å². The molecule has 18 heavy (non-hydrogen) atoms. The molecule has 0 fully saturated rings. The molecule has 0 radical (unpaired) electrons. The SMILES string of the molecule is CN(C)CCOc1ccc2c(c1)CCC/C2=N\O. The smallest absolute Gasteiger partial charge is 0.119 e. The lowest BCUT2D eigenvalue weighted by molar-refractivity contribution is 0.261. The second-order valence-electron chi connectivity index (χ2n) is 4.87. The molecule has 1 N–H and O–H groups in total. The van der Waals surface area contributed by atoms with Crippen molar-refractivity contribution in [1.82, 2.24) is 4.90 Å². The van der Waals surface area contributed by atoms with Gasteiger partial charge in [0.25, 0.3) is 0 Å². The minimum atomic E-state index is 0.687. The summed E-state index contributed by atoms with van der Waals surface area (Å²) in [5.74, 6) is 0.898. The highest BCUT2D eigenvalue weighted by molar-refractivity contribution is 6.02. The maximum Gasteiger partial charge on any atom is 0.119 e. The Morgan fingerprint density at radius 2 is 2.17 bits per heavy atom. The Morgan fingerprint density at radius 3 is 2.89 bits per heavy atom. The Hall–Kier alpha value is -1.55. The van der Waals surface area contributed by atoms with Crippen molar-refractivity contribution in [3.05, 3.63) is 29.3 Å². The molecule has 0 unspecified atom stereocenters. The topological polar surface area (TPSA) is 45.1 Å². The third-order valence-electron chi connectivity index (χ3n) is 3.18. The highest BCUT2D eigenvalue weighted by Crippen LogP contribution is 2.25. The fourth-order valence-electron chi connectivity index (χ4n) is 2.18. The number of fused-ring (bicyclic) bond motifs is 1. The predicted molar refractivity (Wildman–Crippen MR) is 71.8 cm³/mol. The quantitative estimate of drug-likeness (QED) is 0.656. The summed E-state index contributed by atoms with van der Waals surface area (Å²) in [4.78, 5) is 2.09. The molecule has 0 atom stereocenters. The highest BCUT2D eigenvalue weighted by atomic mass is 16.5. The van der Waals surface area contributed by atoms with Crippen LogP contribution in [0.15, 0.2) is 23.4 Å². The number of oxime groups is 1. The predicted octanol–water partition coefficient (Wildman–Crippen LogP) is 2.14. The van der Waals surface area contributed by atoms with Gasteiger partial charge in [-0.1, -0.05) is 5.16 Å². The van der Waals surface area contributed by atoms with E-state index in [0.29, 0.717) is 6.61 Å². The molecule has 0 bridgehead atoms. The molecule has 1 aromatic carbocycles. The zero-order chi connectivity index (χ0) is 13.0. The number of hydrogen-bond acceptors (Lipinski definition) is 4. The van der Waals surface area contributed by atoms with Crippen LogP contribution >= 0.6 is 0 Å². The summed E-state index contributed by atoms with van der Waals surface area (Å²) in [5, 5.41) is 12.3. The van der Waals surface area contributed by atoms with Gasteiger partial charge in [0.2, 0.25) is 0 Å². The minimum Gasteiger partial charge on any atom is -0.492 e. The molecule has 1 aliphatic rings. The molecule has 0 saturated carbocycles. The van der Waals surface area contributed by atoms with E-state index >= 15 is 0 Å². The van der Waals surface area contributed by atoms with E-state index in [1.54, 1.807) is 0 Å². The van der Waals surface area contributed by atoms with Gasteiger partial charge < -0.3 is 14.8 Å². The summed E-state index contributed by atoms with van der Waals surface area (Å²) in [6.07, 6.45) is 2.91. The van der Waals surface area contributed by atoms with E-state index in [-0.39, 0.29) is 0 Å². The first-order chi connectivity index (χ1) is 8.70. The van der Waals surface area contributed by atoms with E-state index < -0.39 is 0 Å². The van der Waals surface area contributed by atoms with Crippen LogP contribution < -0.4 is 4.74 Å². The van der Waals surface area contributed by atoms with Crippen molar-refractivity contribution in [2.45, 2.75) is 19.3 Å². The summed E-state index contributed by atoms with van der Waals surface area (Å²) in [5.41, 5.74) is 3.07. The molecule has 0 aromatic heterocycles. The van der Waals surface area contributed by atoms with E-state index in [0.717, 1.165) is 42.8 Å². The minimum absolute atomic E-state index is 0.687. The molecule has 1 aliphatic carbocycles. The monoisotopic (exact) mass is 248 g/mol. The van der Waals surface area contributed by atoms with Crippen molar-refractivity contribution >= 4 is 5.71 Å². The van der Waals surface area contributed by atoms with Crippen LogP contribution in [0.5, 0.6) is 5.75 Å². The Balaban J connectivity index is 2.07. The maximum atomic E-state index is 8.96. The molecule has 2 rings (SSSR count). The second-order valence-corrected chi connectivity index (χ2v) is 4.87. The lowest BCUT2D eigenvalue weighted by Gasteiger charge is -2.18. The third-order valence-corrected chi connectivity index (χ3v) is 3.18. The van der Waals surface area contributed by atoms with Crippen LogP contribution in [0.4, 0.5) is 0 Å². The van der Waals surface area contributed by atoms with Crippen LogP contribution in [0.1, 0.15) is 24.0 Å². The first-order valence-electron chi connectivity index (χ1n) is 6.32. The molecule has 4 nitrogen and oxygen atoms in total. The molecule has 0 saturated heterocycles. The lowest BCUT2D eigenvalue weighted by Crippen LogP contribution is -2.19. The molecule has 98 valence electrons. The van der Waals surface area contributed by atoms with Gasteiger partial charge in [-0.25, -0.2) is 0 Å². The van der Waals surface area contributed by atoms with Crippen LogP contribution in [0.25, 0.3) is 0 Å². The molecule has 0 amide bonds. The van der Waals surface area contributed by atoms with Crippen LogP contribution in [0, 0.1) is 0 Å². The van der Waals surface area contributed by atoms with E-state index in [9.17, 15) is 0 Å². The van der Waals surface area contributed by atoms with Gasteiger partial charge in [0, 0.05) is 12.1 Å². The molecule has 1 aromatic rings. The van der Waals surface area contributed by atoms with Crippen molar-refractivity contribution in [2.24, 2.45) is 5.16 Å². The van der Waals surface area contributed by atoms with Gasteiger partial charge in [-0.2, -0.15) is 0 Å². The Labute approximate surface area is 108 Å². The lowest BCUT2D eigenvalue weighted by atomic mass is 9.90. The molecule has 0 heterocycles. The summed E-state index contributed by atoms with van der Waals surface area (Å²) in [6, 6.07) is 6.01. The zero-order valence-corrected chi connectivity index (χ0v) is 11.0. The Kier molecular flexibility index (Phi) is 4.20. The Bertz CT molecular complexity index is 441. The molecular weight excluding hydrogens is 228 g/mol. The average molecular weight is 248 g/mol. The van der Waals surface area contributed by atoms with Gasteiger partial charge in [-0.15, -0.1) is 0 Å². The number of aryl methyl sites for hydroxylation is 1. The van der Waals surface area contributed by atoms with Crippen molar-refractivity contribution in [3.63, 3.8) is 0 Å². The van der Waals surface area contributed by atoms with Gasteiger partial charge >= 0.3 is 0 Å². The summed E-state index contributed by atoms with van der Waals surface area (Å²) < 4.78 is 5.71. The number of hydrogen-bond donors (Lipinski definition) is 1. The van der Waals surface area contributed by atoms with Gasteiger partial charge in [0.1, 0.15) is 12.4 Å². The number of ether oxygens (including phenoxy) is 1. The standard InChI is InChI=1S/C14H20N2O2/c1-16(2)8-9-18-12-6-7-13-11(10-12)4-3-5-14(13)15-17/h6-7,10,17H,3-5,8-9H2,1-2H3/b15-14+. The van der Waals surface area contributed by atoms with E-state index in [4.69, 9.17) is 9.94 Å². The first-order valence-corrected chi connectivity index (χ1v) is 6.32. The van der Waals surface area contributed by atoms with E-state index in [2.05, 4.69) is 16.1 Å². The highest BCUT2D eigenvalue weighted by Gasteiger charge is 2.16. The van der Waals surface area contributed by atoms with Crippen molar-refractivity contribution in [3.8, 4) is 5.75 Å². The Morgan fingerprint density at radius 1 is 1.33 bits per heavy atom. The van der Waals surface area contributed by atoms with Crippen LogP contribution in [0.2, 0.25) is 0 Å². The normalized spacial score (nSPS) is 16.9. The van der Waals surface area contributed by atoms with Crippen LogP contribution in [0.3, 0.4) is 0 Å². The maximum absolute atomic E-state index is 8.96. The summed E-state index contributed by atoms with van der Waals surface area (Å²) in [7, 11) is 4.06. The zero-order valence-electron chi connectivity index (χ0n) is 11.0. The van der Waals surface area contributed by atoms with Crippen LogP contribution in [-0.4, -0.2) is 43.1 Å². The fourth-order valence-corrected chi connectivity index (χ4v) is 2.18. The first kappa shape index (κ1) is 12.9. The largest absolute Gasteiger partial charge is 0.492 e. The molecular formula is C14H20N2O2. The van der Waals surface area contributed by atoms with Gasteiger partial charge in [0.15, 0.2) is 0 Å². The molecule has 4 heteroatoms. The third kappa shape index (κ3) is 3.01. The van der Waals surface area contributed by atoms with Gasteiger partial charge in [0.05, 0.1) is 5.71 Å².